The predicted molar refractivity (Wildman–Crippen MR) is 160 cm³/mol. The van der Waals surface area contributed by atoms with Crippen LogP contribution in [0.5, 0.6) is 5.75 Å². The van der Waals surface area contributed by atoms with E-state index < -0.39 is 0 Å². The van der Waals surface area contributed by atoms with Gasteiger partial charge in [0.05, 0.1) is 35.6 Å². The highest BCUT2D eigenvalue weighted by molar-refractivity contribution is 7.12. The quantitative estimate of drug-likeness (QED) is 0.436. The first-order valence-corrected chi connectivity index (χ1v) is 15.0. The van der Waals surface area contributed by atoms with Gasteiger partial charge in [-0.1, -0.05) is 0 Å². The molecular weight excluding hydrogens is 524 g/mol. The maximum atomic E-state index is 13.4. The zero-order valence-corrected chi connectivity index (χ0v) is 24.2. The van der Waals surface area contributed by atoms with Crippen LogP contribution in [-0.2, 0) is 0 Å². The summed E-state index contributed by atoms with van der Waals surface area (Å²) in [6.45, 7) is 6.39. The summed E-state index contributed by atoms with van der Waals surface area (Å²) in [5.74, 6) is 1.24. The van der Waals surface area contributed by atoms with Crippen molar-refractivity contribution in [3.8, 4) is 5.75 Å². The molecule has 2 fully saturated rings. The largest absolute Gasteiger partial charge is 0.492 e. The number of piperidine rings is 1. The number of nitrogens with one attached hydrogen (secondary N) is 1. The Kier molecular flexibility index (Phi) is 7.37. The summed E-state index contributed by atoms with van der Waals surface area (Å²) in [7, 11) is 3.73. The molecule has 0 aliphatic carbocycles. The lowest BCUT2D eigenvalue weighted by atomic mass is 10.0. The fraction of sp³-hybridized carbons (Fsp3) is 0.433. The van der Waals surface area contributed by atoms with E-state index in [1.54, 1.807) is 18.1 Å². The number of nitrogens with zero attached hydrogens (tertiary/aromatic N) is 5. The van der Waals surface area contributed by atoms with E-state index in [2.05, 4.69) is 15.2 Å². The van der Waals surface area contributed by atoms with Crippen molar-refractivity contribution in [2.24, 2.45) is 0 Å². The summed E-state index contributed by atoms with van der Waals surface area (Å²) < 4.78 is 5.96. The van der Waals surface area contributed by atoms with Crippen LogP contribution in [0, 0.1) is 0 Å². The van der Waals surface area contributed by atoms with Gasteiger partial charge >= 0.3 is 0 Å². The monoisotopic (exact) mass is 560 g/mol. The van der Waals surface area contributed by atoms with E-state index >= 15 is 0 Å². The highest BCUT2D eigenvalue weighted by atomic mass is 32.1. The van der Waals surface area contributed by atoms with Gasteiger partial charge in [-0.05, 0) is 75.3 Å². The number of carbonyl (C=O) groups is 2. The molecule has 0 unspecified atom stereocenters. The van der Waals surface area contributed by atoms with Crippen LogP contribution >= 0.6 is 11.3 Å². The average Bonchev–Trinajstić information content (AvgIpc) is 3.69. The number of anilines is 5. The fourth-order valence-corrected chi connectivity index (χ4v) is 6.94. The van der Waals surface area contributed by atoms with E-state index in [1.165, 1.54) is 37.3 Å². The second-order valence-corrected chi connectivity index (χ2v) is 11.6. The standard InChI is InChI=1S/C30H36N6O3S/c1-4-39-26-17-20(29(37)36-14-9-21(10-15-36)35-12-5-6-13-35)7-8-22(26)32-27-18-24-25(19-31-27)34(3)30(38)28-23(33(24)2)11-16-40-28/h7-8,11,16-19,21H,4-6,9-10,12-15H2,1-3H3,(H,31,32). The maximum absolute atomic E-state index is 13.4. The van der Waals surface area contributed by atoms with Crippen molar-refractivity contribution >= 4 is 51.7 Å². The Hall–Kier alpha value is -3.63. The second-order valence-electron chi connectivity index (χ2n) is 10.7. The van der Waals surface area contributed by atoms with Crippen molar-refractivity contribution in [1.29, 1.82) is 0 Å². The van der Waals surface area contributed by atoms with E-state index in [0.717, 1.165) is 48.7 Å². The van der Waals surface area contributed by atoms with Gasteiger partial charge in [0.25, 0.3) is 11.8 Å². The normalized spacial score (nSPS) is 18.0. The summed E-state index contributed by atoms with van der Waals surface area (Å²) in [4.78, 5) is 39.9. The molecule has 9 nitrogen and oxygen atoms in total. The minimum atomic E-state index is -0.0442. The van der Waals surface area contributed by atoms with Crippen LogP contribution in [0.2, 0.25) is 0 Å². The molecular formula is C30H36N6O3S. The number of thiophene rings is 1. The number of aromatic nitrogens is 1. The summed E-state index contributed by atoms with van der Waals surface area (Å²) in [5.41, 5.74) is 3.84. The molecule has 0 radical (unpaired) electrons. The summed E-state index contributed by atoms with van der Waals surface area (Å²) in [6.07, 6.45) is 6.38. The van der Waals surface area contributed by atoms with Crippen molar-refractivity contribution in [1.82, 2.24) is 14.8 Å². The molecule has 0 bridgehead atoms. The predicted octanol–water partition coefficient (Wildman–Crippen LogP) is 5.34. The van der Waals surface area contributed by atoms with E-state index in [9.17, 15) is 9.59 Å². The molecule has 3 aliphatic heterocycles. The van der Waals surface area contributed by atoms with Gasteiger partial charge in [0, 0.05) is 44.9 Å². The first kappa shape index (κ1) is 26.6. The minimum absolute atomic E-state index is 0.0442. The first-order chi connectivity index (χ1) is 19.4. The number of likely N-dealkylation sites (tertiary alicyclic amines) is 2. The number of ether oxygens (including phenoxy) is 1. The number of benzene rings is 1. The van der Waals surface area contributed by atoms with Crippen molar-refractivity contribution in [2.75, 3.05) is 62.0 Å². The Morgan fingerprint density at radius 2 is 1.80 bits per heavy atom. The van der Waals surface area contributed by atoms with E-state index in [1.807, 2.05) is 59.5 Å². The molecule has 3 aromatic rings. The van der Waals surface area contributed by atoms with Gasteiger partial charge in [-0.3, -0.25) is 9.59 Å². The zero-order chi connectivity index (χ0) is 27.8. The van der Waals surface area contributed by atoms with E-state index in [-0.39, 0.29) is 11.8 Å². The summed E-state index contributed by atoms with van der Waals surface area (Å²) >= 11 is 1.44. The van der Waals surface area contributed by atoms with Crippen LogP contribution in [0.1, 0.15) is 52.6 Å². The topological polar surface area (TPSA) is 81.2 Å². The number of rotatable bonds is 6. The third kappa shape index (κ3) is 4.90. The molecule has 0 saturated carbocycles. The van der Waals surface area contributed by atoms with Crippen molar-refractivity contribution in [3.63, 3.8) is 0 Å². The van der Waals surface area contributed by atoms with Crippen LogP contribution in [0.25, 0.3) is 0 Å². The lowest BCUT2D eigenvalue weighted by Crippen LogP contribution is -2.45. The number of pyridine rings is 1. The lowest BCUT2D eigenvalue weighted by molar-refractivity contribution is 0.0644. The van der Waals surface area contributed by atoms with Gasteiger partial charge in [-0.2, -0.15) is 0 Å². The van der Waals surface area contributed by atoms with Gasteiger partial charge < -0.3 is 29.7 Å². The van der Waals surface area contributed by atoms with Crippen LogP contribution < -0.4 is 19.9 Å². The third-order valence-corrected chi connectivity index (χ3v) is 9.18. The molecule has 1 aromatic carbocycles. The Balaban J connectivity index is 1.21. The third-order valence-electron chi connectivity index (χ3n) is 8.29. The highest BCUT2D eigenvalue weighted by Crippen LogP contribution is 2.42. The Labute approximate surface area is 239 Å². The molecule has 2 aromatic heterocycles. The van der Waals surface area contributed by atoms with Gasteiger partial charge in [0.1, 0.15) is 16.4 Å². The molecule has 0 spiro atoms. The molecule has 210 valence electrons. The van der Waals surface area contributed by atoms with Crippen LogP contribution in [-0.4, -0.2) is 79.5 Å². The molecule has 0 atom stereocenters. The van der Waals surface area contributed by atoms with E-state index in [4.69, 9.17) is 4.74 Å². The minimum Gasteiger partial charge on any atom is -0.492 e. The molecule has 3 aliphatic rings. The van der Waals surface area contributed by atoms with Crippen LogP contribution in [0.15, 0.2) is 41.9 Å². The van der Waals surface area contributed by atoms with E-state index in [0.29, 0.717) is 34.7 Å². The molecule has 2 saturated heterocycles. The number of hydrogen-bond acceptors (Lipinski definition) is 8. The molecule has 40 heavy (non-hydrogen) atoms. The van der Waals surface area contributed by atoms with Crippen LogP contribution in [0.4, 0.5) is 28.6 Å². The average molecular weight is 561 g/mol. The zero-order valence-electron chi connectivity index (χ0n) is 23.4. The van der Waals surface area contributed by atoms with Gasteiger partial charge in [-0.15, -0.1) is 11.3 Å². The Morgan fingerprint density at radius 1 is 1.02 bits per heavy atom. The fourth-order valence-electron chi connectivity index (χ4n) is 6.05. The van der Waals surface area contributed by atoms with Gasteiger partial charge in [0.2, 0.25) is 0 Å². The second kappa shape index (κ2) is 11.1. The van der Waals surface area contributed by atoms with Crippen molar-refractivity contribution in [2.45, 2.75) is 38.6 Å². The summed E-state index contributed by atoms with van der Waals surface area (Å²) in [5, 5.41) is 5.32. The molecule has 5 heterocycles. The Morgan fingerprint density at radius 3 is 2.55 bits per heavy atom. The molecule has 1 N–H and O–H groups in total. The number of amides is 2. The molecule has 2 amide bonds. The first-order valence-electron chi connectivity index (χ1n) is 14.1. The van der Waals surface area contributed by atoms with Crippen molar-refractivity contribution in [3.05, 3.63) is 52.3 Å². The highest BCUT2D eigenvalue weighted by Gasteiger charge is 2.30. The lowest BCUT2D eigenvalue weighted by Gasteiger charge is -2.36. The maximum Gasteiger partial charge on any atom is 0.270 e. The number of hydrogen-bond donors (Lipinski definition) is 1. The smallest absolute Gasteiger partial charge is 0.270 e. The molecule has 10 heteroatoms. The van der Waals surface area contributed by atoms with Gasteiger partial charge in [-0.25, -0.2) is 4.98 Å². The van der Waals surface area contributed by atoms with Crippen LogP contribution in [0.3, 0.4) is 0 Å². The number of fused-ring (bicyclic) bond motifs is 2. The van der Waals surface area contributed by atoms with Gasteiger partial charge in [0.15, 0.2) is 0 Å². The molecule has 6 rings (SSSR count). The SMILES string of the molecule is CCOc1cc(C(=O)N2CCC(N3CCCC3)CC2)ccc1Nc1cc2c(cn1)N(C)C(=O)c1sccc1N2C. The Bertz CT molecular complexity index is 1410. The van der Waals surface area contributed by atoms with Crippen molar-refractivity contribution < 1.29 is 14.3 Å². The number of carbonyl (C=O) groups excluding carboxylic acids is 2. The summed E-state index contributed by atoms with van der Waals surface area (Å²) in [6, 6.07) is 10.1.